The molecule has 0 saturated carbocycles. The van der Waals surface area contributed by atoms with E-state index < -0.39 is 11.9 Å². The maximum absolute atomic E-state index is 13.5. The quantitative estimate of drug-likeness (QED) is 0.701. The zero-order chi connectivity index (χ0) is 22.1. The molecule has 0 bridgehead atoms. The number of benzene rings is 1. The molecule has 0 saturated heterocycles. The summed E-state index contributed by atoms with van der Waals surface area (Å²) in [5, 5.41) is 5.37. The Morgan fingerprint density at radius 1 is 1.13 bits per heavy atom. The lowest BCUT2D eigenvalue weighted by Gasteiger charge is -2.36. The highest BCUT2D eigenvalue weighted by Crippen LogP contribution is 2.48. The molecule has 2 atom stereocenters. The van der Waals surface area contributed by atoms with Crippen molar-refractivity contribution in [1.29, 1.82) is 0 Å². The first kappa shape index (κ1) is 21.2. The molecule has 1 aliphatic heterocycles. The Morgan fingerprint density at radius 2 is 1.94 bits per heavy atom. The van der Waals surface area contributed by atoms with Gasteiger partial charge in [0.05, 0.1) is 32.8 Å². The summed E-state index contributed by atoms with van der Waals surface area (Å²) in [6, 6.07) is 9.49. The van der Waals surface area contributed by atoms with Crippen LogP contribution in [-0.4, -0.2) is 33.1 Å². The largest absolute Gasteiger partial charge is 0.497 e. The average molecular weight is 440 g/mol. The number of Topliss-reactive ketones (excluding diaryl/α,β-unsaturated/α-hetero) is 1. The third-order valence-electron chi connectivity index (χ3n) is 5.93. The molecule has 1 aromatic heterocycles. The predicted octanol–water partition coefficient (Wildman–Crippen LogP) is 4.30. The number of rotatable bonds is 5. The Morgan fingerprint density at radius 3 is 2.58 bits per heavy atom. The van der Waals surface area contributed by atoms with Crippen LogP contribution in [0.3, 0.4) is 0 Å². The monoisotopic (exact) mass is 439 g/mol. The van der Waals surface area contributed by atoms with Crippen molar-refractivity contribution in [2.24, 2.45) is 0 Å². The van der Waals surface area contributed by atoms with Crippen molar-refractivity contribution in [3.63, 3.8) is 0 Å². The zero-order valence-electron chi connectivity index (χ0n) is 18.0. The number of dihydropyridines is 1. The highest BCUT2D eigenvalue weighted by molar-refractivity contribution is 7.10. The summed E-state index contributed by atoms with van der Waals surface area (Å²) in [7, 11) is 4.51. The standard InChI is InChI=1S/C24H25NO5S/c1-13-21(24(27)30-4)22(16-12-15(28-2)7-8-19(16)29-3)23-17(25-13)10-14(11-18(23)26)20-6-5-9-31-20/h5-9,12,14,22,25H,10-11H2,1-4H3. The van der Waals surface area contributed by atoms with Crippen LogP contribution in [-0.2, 0) is 14.3 Å². The van der Waals surface area contributed by atoms with Crippen molar-refractivity contribution in [2.45, 2.75) is 31.6 Å². The molecule has 1 aromatic carbocycles. The fraction of sp³-hybridized carbons (Fsp3) is 0.333. The van der Waals surface area contributed by atoms with Gasteiger partial charge in [-0.3, -0.25) is 4.79 Å². The van der Waals surface area contributed by atoms with E-state index in [0.717, 1.165) is 5.70 Å². The van der Waals surface area contributed by atoms with Gasteiger partial charge in [0.1, 0.15) is 11.5 Å². The summed E-state index contributed by atoms with van der Waals surface area (Å²) in [6.07, 6.45) is 1.10. The van der Waals surface area contributed by atoms with Crippen molar-refractivity contribution >= 4 is 23.1 Å². The molecular formula is C24H25NO5S. The zero-order valence-corrected chi connectivity index (χ0v) is 18.8. The molecule has 0 amide bonds. The minimum absolute atomic E-state index is 0.0240. The molecule has 2 aliphatic rings. The second-order valence-corrected chi connectivity index (χ2v) is 8.61. The van der Waals surface area contributed by atoms with Crippen LogP contribution in [0.2, 0.25) is 0 Å². The molecule has 4 rings (SSSR count). The fourth-order valence-corrected chi connectivity index (χ4v) is 5.35. The van der Waals surface area contributed by atoms with Gasteiger partial charge in [0.2, 0.25) is 0 Å². The summed E-state index contributed by atoms with van der Waals surface area (Å²) in [4.78, 5) is 27.5. The second kappa shape index (κ2) is 8.59. The molecule has 1 N–H and O–H groups in total. The summed E-state index contributed by atoms with van der Waals surface area (Å²) in [5.74, 6) is 0.292. The third-order valence-corrected chi connectivity index (χ3v) is 6.96. The van der Waals surface area contributed by atoms with Gasteiger partial charge in [-0.15, -0.1) is 11.3 Å². The number of carbonyl (C=O) groups excluding carboxylic acids is 2. The van der Waals surface area contributed by atoms with Crippen molar-refractivity contribution in [1.82, 2.24) is 5.32 Å². The highest BCUT2D eigenvalue weighted by atomic mass is 32.1. The maximum atomic E-state index is 13.5. The number of nitrogens with one attached hydrogen (secondary N) is 1. The average Bonchev–Trinajstić information content (AvgIpc) is 3.32. The lowest BCUT2D eigenvalue weighted by Crippen LogP contribution is -2.36. The fourth-order valence-electron chi connectivity index (χ4n) is 4.52. The van der Waals surface area contributed by atoms with Crippen molar-refractivity contribution in [2.75, 3.05) is 21.3 Å². The first-order valence-electron chi connectivity index (χ1n) is 10.1. The summed E-state index contributed by atoms with van der Waals surface area (Å²) < 4.78 is 16.1. The van der Waals surface area contributed by atoms with Gasteiger partial charge in [-0.05, 0) is 43.0 Å². The number of carbonyl (C=O) groups is 2. The molecule has 6 nitrogen and oxygen atoms in total. The van der Waals surface area contributed by atoms with E-state index in [1.165, 1.54) is 12.0 Å². The summed E-state index contributed by atoms with van der Waals surface area (Å²) in [5.41, 5.74) is 3.26. The first-order valence-corrected chi connectivity index (χ1v) is 10.9. The molecule has 2 heterocycles. The smallest absolute Gasteiger partial charge is 0.336 e. The van der Waals surface area contributed by atoms with Crippen LogP contribution in [0, 0.1) is 0 Å². The molecule has 2 aromatic rings. The molecular weight excluding hydrogens is 414 g/mol. The van der Waals surface area contributed by atoms with Gasteiger partial charge in [0.15, 0.2) is 5.78 Å². The van der Waals surface area contributed by atoms with E-state index in [9.17, 15) is 9.59 Å². The van der Waals surface area contributed by atoms with Crippen molar-refractivity contribution in [3.8, 4) is 11.5 Å². The molecule has 0 fully saturated rings. The van der Waals surface area contributed by atoms with Crippen LogP contribution < -0.4 is 14.8 Å². The molecule has 7 heteroatoms. The Labute approximate surface area is 185 Å². The number of hydrogen-bond acceptors (Lipinski definition) is 7. The summed E-state index contributed by atoms with van der Waals surface area (Å²) in [6.45, 7) is 1.84. The number of hydrogen-bond donors (Lipinski definition) is 1. The van der Waals surface area contributed by atoms with Gasteiger partial charge >= 0.3 is 5.97 Å². The van der Waals surface area contributed by atoms with Crippen LogP contribution in [0.15, 0.2) is 58.3 Å². The second-order valence-electron chi connectivity index (χ2n) is 7.63. The SMILES string of the molecule is COC(=O)C1=C(C)NC2=C(C(=O)CC(c3cccs3)C2)C1c1cc(OC)ccc1OC. The van der Waals surface area contributed by atoms with Crippen LogP contribution in [0.5, 0.6) is 11.5 Å². The minimum Gasteiger partial charge on any atom is -0.497 e. The normalized spacial score (nSPS) is 20.8. The van der Waals surface area contributed by atoms with Crippen molar-refractivity contribution in [3.05, 3.63) is 68.7 Å². The third kappa shape index (κ3) is 3.74. The van der Waals surface area contributed by atoms with Gasteiger partial charge in [0, 0.05) is 39.7 Å². The van der Waals surface area contributed by atoms with Crippen LogP contribution in [0.25, 0.3) is 0 Å². The van der Waals surface area contributed by atoms with E-state index in [4.69, 9.17) is 14.2 Å². The molecule has 0 radical (unpaired) electrons. The predicted molar refractivity (Wildman–Crippen MR) is 118 cm³/mol. The van der Waals surface area contributed by atoms with E-state index >= 15 is 0 Å². The highest BCUT2D eigenvalue weighted by Gasteiger charge is 2.42. The summed E-state index contributed by atoms with van der Waals surface area (Å²) >= 11 is 1.66. The van der Waals surface area contributed by atoms with Gasteiger partial charge in [-0.25, -0.2) is 4.79 Å². The number of allylic oxidation sites excluding steroid dienone is 3. The maximum Gasteiger partial charge on any atom is 0.336 e. The lowest BCUT2D eigenvalue weighted by molar-refractivity contribution is -0.136. The van der Waals surface area contributed by atoms with Crippen LogP contribution in [0.1, 0.15) is 42.0 Å². The first-order chi connectivity index (χ1) is 15.0. The number of thiophene rings is 1. The molecule has 31 heavy (non-hydrogen) atoms. The number of ether oxygens (including phenoxy) is 3. The van der Waals surface area contributed by atoms with E-state index in [1.54, 1.807) is 37.7 Å². The minimum atomic E-state index is -0.592. The van der Waals surface area contributed by atoms with Crippen LogP contribution >= 0.6 is 11.3 Å². The van der Waals surface area contributed by atoms with Crippen molar-refractivity contribution < 1.29 is 23.8 Å². The number of ketones is 1. The lowest BCUT2D eigenvalue weighted by atomic mass is 9.72. The van der Waals surface area contributed by atoms with E-state index in [1.807, 2.05) is 24.4 Å². The van der Waals surface area contributed by atoms with Gasteiger partial charge in [-0.2, -0.15) is 0 Å². The van der Waals surface area contributed by atoms with Gasteiger partial charge < -0.3 is 19.5 Å². The molecule has 162 valence electrons. The van der Waals surface area contributed by atoms with E-state index in [-0.39, 0.29) is 11.7 Å². The Bertz CT molecular complexity index is 1080. The molecule has 1 aliphatic carbocycles. The Hall–Kier alpha value is -3.06. The Balaban J connectivity index is 1.89. The number of methoxy groups -OCH3 is 3. The molecule has 0 spiro atoms. The molecule has 2 unspecified atom stereocenters. The van der Waals surface area contributed by atoms with E-state index in [2.05, 4.69) is 11.4 Å². The van der Waals surface area contributed by atoms with Gasteiger partial charge in [0.25, 0.3) is 0 Å². The van der Waals surface area contributed by atoms with E-state index in [0.29, 0.717) is 46.7 Å². The van der Waals surface area contributed by atoms with Crippen LogP contribution in [0.4, 0.5) is 0 Å². The number of esters is 1. The van der Waals surface area contributed by atoms with Gasteiger partial charge in [-0.1, -0.05) is 6.07 Å². The topological polar surface area (TPSA) is 73.9 Å². The Kier molecular flexibility index (Phi) is 5.87.